The minimum Gasteiger partial charge on any atom is -0.504 e. The molecule has 5 rings (SSSR count). The van der Waals surface area contributed by atoms with Gasteiger partial charge in [0.15, 0.2) is 11.5 Å². The second kappa shape index (κ2) is 6.99. The maximum absolute atomic E-state index is 10.6. The van der Waals surface area contributed by atoms with E-state index in [0.717, 1.165) is 28.2 Å². The van der Waals surface area contributed by atoms with E-state index >= 15 is 0 Å². The third-order valence-corrected chi connectivity index (χ3v) is 5.50. The van der Waals surface area contributed by atoms with E-state index < -0.39 is 0 Å². The average molecular weight is 394 g/mol. The van der Waals surface area contributed by atoms with Gasteiger partial charge >= 0.3 is 0 Å². The van der Waals surface area contributed by atoms with Crippen LogP contribution < -0.4 is 9.64 Å². The Morgan fingerprint density at radius 2 is 1.96 bits per heavy atom. The van der Waals surface area contributed by atoms with Gasteiger partial charge in [-0.3, -0.25) is 0 Å². The van der Waals surface area contributed by atoms with Gasteiger partial charge in [0.05, 0.1) is 6.54 Å². The fourth-order valence-corrected chi connectivity index (χ4v) is 3.86. The second-order valence-electron chi connectivity index (χ2n) is 7.34. The highest BCUT2D eigenvalue weighted by molar-refractivity contribution is 6.30. The molecule has 142 valence electrons. The van der Waals surface area contributed by atoms with Crippen molar-refractivity contribution in [1.29, 1.82) is 0 Å². The molecule has 0 saturated heterocycles. The fraction of sp³-hybridized carbons (Fsp3) is 0.273. The summed E-state index contributed by atoms with van der Waals surface area (Å²) in [7, 11) is 0. The second-order valence-corrected chi connectivity index (χ2v) is 7.78. The highest BCUT2D eigenvalue weighted by Crippen LogP contribution is 2.41. The van der Waals surface area contributed by atoms with E-state index in [1.807, 2.05) is 24.3 Å². The summed E-state index contributed by atoms with van der Waals surface area (Å²) in [4.78, 5) is 11.1. The van der Waals surface area contributed by atoms with Gasteiger partial charge in [0.1, 0.15) is 18.8 Å². The number of hydrogen-bond donors (Lipinski definition) is 1. The van der Waals surface area contributed by atoms with Gasteiger partial charge in [-0.05, 0) is 48.2 Å². The Hall–Kier alpha value is -2.79. The van der Waals surface area contributed by atoms with E-state index in [1.165, 1.54) is 12.8 Å². The van der Waals surface area contributed by atoms with Gasteiger partial charge in [0, 0.05) is 34.8 Å². The molecule has 0 radical (unpaired) electrons. The number of aromatic hydroxyl groups is 1. The van der Waals surface area contributed by atoms with Crippen molar-refractivity contribution < 1.29 is 9.84 Å². The first-order valence-electron chi connectivity index (χ1n) is 9.49. The molecule has 2 aliphatic rings. The lowest BCUT2D eigenvalue weighted by molar-refractivity contribution is 0.311. The predicted molar refractivity (Wildman–Crippen MR) is 109 cm³/mol. The Balaban J connectivity index is 1.51. The molecular formula is C22H20ClN3O2. The number of aromatic nitrogens is 2. The van der Waals surface area contributed by atoms with Crippen LogP contribution in [-0.2, 0) is 6.54 Å². The highest BCUT2D eigenvalue weighted by atomic mass is 35.5. The first-order chi connectivity index (χ1) is 13.7. The quantitative estimate of drug-likeness (QED) is 0.694. The number of nitrogens with zero attached hydrogens (tertiary/aromatic N) is 3. The fourth-order valence-electron chi connectivity index (χ4n) is 3.67. The number of ether oxygens (including phenoxy) is 1. The van der Waals surface area contributed by atoms with Crippen LogP contribution in [0.5, 0.6) is 11.5 Å². The summed E-state index contributed by atoms with van der Waals surface area (Å²) in [6.07, 6.45) is 4.06. The van der Waals surface area contributed by atoms with E-state index in [9.17, 15) is 5.11 Å². The van der Waals surface area contributed by atoms with Crippen LogP contribution in [0.1, 0.15) is 30.0 Å². The van der Waals surface area contributed by atoms with Crippen molar-refractivity contribution in [2.24, 2.45) is 0 Å². The first-order valence-corrected chi connectivity index (χ1v) is 9.87. The monoisotopic (exact) mass is 393 g/mol. The largest absolute Gasteiger partial charge is 0.504 e. The van der Waals surface area contributed by atoms with Crippen molar-refractivity contribution in [3.63, 3.8) is 0 Å². The van der Waals surface area contributed by atoms with Crippen molar-refractivity contribution in [3.8, 4) is 22.6 Å². The zero-order chi connectivity index (χ0) is 19.1. The molecule has 6 heteroatoms. The van der Waals surface area contributed by atoms with E-state index in [4.69, 9.17) is 16.3 Å². The minimum absolute atomic E-state index is 0.149. The van der Waals surface area contributed by atoms with Crippen molar-refractivity contribution in [1.82, 2.24) is 9.97 Å². The summed E-state index contributed by atoms with van der Waals surface area (Å²) in [5.41, 5.74) is 3.91. The van der Waals surface area contributed by atoms with Crippen LogP contribution in [0.3, 0.4) is 0 Å². The van der Waals surface area contributed by atoms with Crippen LogP contribution >= 0.6 is 11.6 Å². The maximum atomic E-state index is 10.6. The van der Waals surface area contributed by atoms with Crippen molar-refractivity contribution in [2.45, 2.75) is 25.3 Å². The molecule has 1 saturated carbocycles. The van der Waals surface area contributed by atoms with Gasteiger partial charge in [-0.1, -0.05) is 23.7 Å². The number of benzene rings is 2. The van der Waals surface area contributed by atoms with Gasteiger partial charge in [-0.25, -0.2) is 9.97 Å². The molecule has 0 spiro atoms. The Morgan fingerprint density at radius 3 is 2.79 bits per heavy atom. The van der Waals surface area contributed by atoms with Gasteiger partial charge in [-0.15, -0.1) is 0 Å². The number of phenolic OH excluding ortho intramolecular Hbond substituents is 1. The number of hydrogen-bond acceptors (Lipinski definition) is 5. The summed E-state index contributed by atoms with van der Waals surface area (Å²) in [6.45, 7) is 1.79. The van der Waals surface area contributed by atoms with Crippen molar-refractivity contribution >= 4 is 17.4 Å². The Bertz CT molecular complexity index is 1040. The molecule has 1 aliphatic heterocycles. The number of fused-ring (bicyclic) bond motifs is 1. The van der Waals surface area contributed by atoms with Gasteiger partial charge in [-0.2, -0.15) is 0 Å². The third kappa shape index (κ3) is 3.38. The molecule has 1 aromatic heterocycles. The molecule has 1 aliphatic carbocycles. The Labute approximate surface area is 168 Å². The van der Waals surface area contributed by atoms with Gasteiger partial charge in [0.25, 0.3) is 0 Å². The normalized spacial score (nSPS) is 16.2. The van der Waals surface area contributed by atoms with Gasteiger partial charge in [0.2, 0.25) is 0 Å². The zero-order valence-corrected chi connectivity index (χ0v) is 16.1. The molecule has 28 heavy (non-hydrogen) atoms. The Kier molecular flexibility index (Phi) is 4.32. The van der Waals surface area contributed by atoms with E-state index in [0.29, 0.717) is 36.4 Å². The van der Waals surface area contributed by atoms with Gasteiger partial charge < -0.3 is 14.7 Å². The molecule has 1 N–H and O–H groups in total. The van der Waals surface area contributed by atoms with E-state index in [2.05, 4.69) is 27.0 Å². The highest BCUT2D eigenvalue weighted by Gasteiger charge is 2.27. The number of phenols is 1. The summed E-state index contributed by atoms with van der Waals surface area (Å²) in [5, 5.41) is 11.2. The lowest BCUT2D eigenvalue weighted by Gasteiger charge is -2.21. The first kappa shape index (κ1) is 17.3. The molecule has 2 aromatic carbocycles. The zero-order valence-electron chi connectivity index (χ0n) is 15.3. The lowest BCUT2D eigenvalue weighted by Crippen LogP contribution is -2.26. The number of rotatable bonds is 3. The molecule has 5 nitrogen and oxygen atoms in total. The molecule has 1 fully saturated rings. The lowest BCUT2D eigenvalue weighted by atomic mass is 10.0. The summed E-state index contributed by atoms with van der Waals surface area (Å²) < 4.78 is 5.87. The summed E-state index contributed by atoms with van der Waals surface area (Å²) in [5.74, 6) is 2.18. The number of halogens is 1. The van der Waals surface area contributed by atoms with Crippen LogP contribution in [0, 0.1) is 0 Å². The SMILES string of the molecule is Oc1cc(-c2cccc(Cl)c2)cc2c1OCCN(c1cc(C3CC3)ncn1)C2. The van der Waals surface area contributed by atoms with Crippen LogP contribution in [0.25, 0.3) is 11.1 Å². The molecular weight excluding hydrogens is 374 g/mol. The molecule has 0 unspecified atom stereocenters. The molecule has 0 bridgehead atoms. The standard InChI is InChI=1S/C22H20ClN3O2/c23-18-3-1-2-15(9-18)16-8-17-12-26(6-7-28-22(17)20(27)10-16)21-11-19(14-4-5-14)24-13-25-21/h1-3,8-11,13-14,27H,4-7,12H2. The summed E-state index contributed by atoms with van der Waals surface area (Å²) in [6, 6.07) is 13.5. The Morgan fingerprint density at radius 1 is 1.07 bits per heavy atom. The van der Waals surface area contributed by atoms with Crippen LogP contribution in [-0.4, -0.2) is 28.2 Å². The van der Waals surface area contributed by atoms with E-state index in [1.54, 1.807) is 12.4 Å². The molecule has 0 atom stereocenters. The van der Waals surface area contributed by atoms with Crippen molar-refractivity contribution in [2.75, 3.05) is 18.1 Å². The van der Waals surface area contributed by atoms with Crippen LogP contribution in [0.2, 0.25) is 5.02 Å². The average Bonchev–Trinajstić information content (AvgIpc) is 3.55. The third-order valence-electron chi connectivity index (χ3n) is 5.27. The predicted octanol–water partition coefficient (Wildman–Crippen LogP) is 4.78. The number of anilines is 1. The smallest absolute Gasteiger partial charge is 0.166 e. The molecule has 2 heterocycles. The van der Waals surface area contributed by atoms with Crippen molar-refractivity contribution in [3.05, 3.63) is 65.1 Å². The topological polar surface area (TPSA) is 58.5 Å². The summed E-state index contributed by atoms with van der Waals surface area (Å²) >= 11 is 6.14. The molecule has 3 aromatic rings. The molecule has 0 amide bonds. The van der Waals surface area contributed by atoms with Crippen LogP contribution in [0.4, 0.5) is 5.82 Å². The minimum atomic E-state index is 0.149. The van der Waals surface area contributed by atoms with Crippen LogP contribution in [0.15, 0.2) is 48.8 Å². The van der Waals surface area contributed by atoms with E-state index in [-0.39, 0.29) is 5.75 Å². The maximum Gasteiger partial charge on any atom is 0.166 e.